The third kappa shape index (κ3) is 3.89. The van der Waals surface area contributed by atoms with Crippen LogP contribution in [0.5, 0.6) is 5.75 Å². The number of nitrogens with one attached hydrogen (secondary N) is 1. The van der Waals surface area contributed by atoms with E-state index >= 15 is 0 Å². The van der Waals surface area contributed by atoms with Crippen molar-refractivity contribution in [3.8, 4) is 5.75 Å². The van der Waals surface area contributed by atoms with Crippen molar-refractivity contribution in [2.75, 3.05) is 24.5 Å². The first-order valence-electron chi connectivity index (χ1n) is 7.81. The molecule has 2 atom stereocenters. The van der Waals surface area contributed by atoms with E-state index in [1.165, 1.54) is 0 Å². The number of rotatable bonds is 4. The summed E-state index contributed by atoms with van der Waals surface area (Å²) in [5, 5.41) is 13.6. The lowest BCUT2D eigenvalue weighted by Gasteiger charge is -2.43. The number of phenols is 1. The minimum Gasteiger partial charge on any atom is -0.508 e. The summed E-state index contributed by atoms with van der Waals surface area (Å²) in [4.78, 5) is 2.29. The molecule has 0 aliphatic carbocycles. The summed E-state index contributed by atoms with van der Waals surface area (Å²) in [5.74, 6) is 0.359. The van der Waals surface area contributed by atoms with Crippen LogP contribution in [-0.2, 0) is 4.74 Å². The molecule has 0 spiro atoms. The van der Waals surface area contributed by atoms with Crippen molar-refractivity contribution in [1.29, 1.82) is 0 Å². The molecule has 21 heavy (non-hydrogen) atoms. The Hall–Kier alpha value is -1.26. The number of benzene rings is 1. The Kier molecular flexibility index (Phi) is 4.79. The second kappa shape index (κ2) is 6.24. The van der Waals surface area contributed by atoms with E-state index in [0.29, 0.717) is 5.75 Å². The van der Waals surface area contributed by atoms with Gasteiger partial charge in [-0.3, -0.25) is 0 Å². The van der Waals surface area contributed by atoms with Gasteiger partial charge in [-0.1, -0.05) is 13.0 Å². The third-order valence-corrected chi connectivity index (χ3v) is 3.93. The van der Waals surface area contributed by atoms with Crippen molar-refractivity contribution < 1.29 is 9.84 Å². The summed E-state index contributed by atoms with van der Waals surface area (Å²) in [6.07, 6.45) is 0.191. The molecule has 0 bridgehead atoms. The van der Waals surface area contributed by atoms with E-state index < -0.39 is 0 Å². The fourth-order valence-electron chi connectivity index (χ4n) is 3.16. The summed E-state index contributed by atoms with van der Waals surface area (Å²) >= 11 is 0. The fraction of sp³-hybridized carbons (Fsp3) is 0.647. The Morgan fingerprint density at radius 2 is 2.19 bits per heavy atom. The normalized spacial score (nSPS) is 23.1. The second-order valence-corrected chi connectivity index (χ2v) is 6.59. The SMILES string of the molecule is CCNC(C)c1ccc(N2CC(C)OC(C)(C)C2)cc1O. The van der Waals surface area contributed by atoms with E-state index in [1.807, 2.05) is 12.1 Å². The summed E-state index contributed by atoms with van der Waals surface area (Å²) in [6, 6.07) is 6.14. The van der Waals surface area contributed by atoms with Crippen LogP contribution in [0.1, 0.15) is 46.2 Å². The predicted molar refractivity (Wildman–Crippen MR) is 87.0 cm³/mol. The highest BCUT2D eigenvalue weighted by Gasteiger charge is 2.31. The minimum absolute atomic E-state index is 0.157. The first kappa shape index (κ1) is 16.1. The zero-order valence-corrected chi connectivity index (χ0v) is 13.8. The van der Waals surface area contributed by atoms with Gasteiger partial charge in [0, 0.05) is 36.4 Å². The molecule has 4 nitrogen and oxygen atoms in total. The Bertz CT molecular complexity index is 488. The number of ether oxygens (including phenoxy) is 1. The van der Waals surface area contributed by atoms with E-state index in [2.05, 4.69) is 50.9 Å². The van der Waals surface area contributed by atoms with Gasteiger partial charge in [0.1, 0.15) is 5.75 Å². The van der Waals surface area contributed by atoms with Crippen molar-refractivity contribution >= 4 is 5.69 Å². The van der Waals surface area contributed by atoms with Crippen molar-refractivity contribution in [1.82, 2.24) is 5.32 Å². The molecule has 2 unspecified atom stereocenters. The highest BCUT2D eigenvalue weighted by atomic mass is 16.5. The second-order valence-electron chi connectivity index (χ2n) is 6.59. The van der Waals surface area contributed by atoms with E-state index in [9.17, 15) is 5.11 Å². The van der Waals surface area contributed by atoms with Crippen molar-refractivity contribution in [2.24, 2.45) is 0 Å². The number of morpholine rings is 1. The number of hydrogen-bond donors (Lipinski definition) is 2. The molecule has 1 saturated heterocycles. The van der Waals surface area contributed by atoms with Crippen LogP contribution in [0.4, 0.5) is 5.69 Å². The van der Waals surface area contributed by atoms with E-state index in [-0.39, 0.29) is 17.7 Å². The molecular formula is C17H28N2O2. The van der Waals surface area contributed by atoms with Crippen LogP contribution in [-0.4, -0.2) is 36.4 Å². The van der Waals surface area contributed by atoms with Gasteiger partial charge < -0.3 is 20.1 Å². The molecule has 1 heterocycles. The molecule has 118 valence electrons. The molecule has 0 aromatic heterocycles. The van der Waals surface area contributed by atoms with Crippen LogP contribution < -0.4 is 10.2 Å². The average molecular weight is 292 g/mol. The maximum Gasteiger partial charge on any atom is 0.122 e. The lowest BCUT2D eigenvalue weighted by atomic mass is 10.0. The lowest BCUT2D eigenvalue weighted by molar-refractivity contribution is -0.0749. The topological polar surface area (TPSA) is 44.7 Å². The van der Waals surface area contributed by atoms with Crippen LogP contribution in [0.2, 0.25) is 0 Å². The number of phenolic OH excluding ortho intramolecular Hbond substituents is 1. The van der Waals surface area contributed by atoms with Gasteiger partial charge >= 0.3 is 0 Å². The molecule has 2 N–H and O–H groups in total. The molecule has 1 aromatic rings. The molecule has 2 rings (SSSR count). The Balaban J connectivity index is 2.19. The van der Waals surface area contributed by atoms with Gasteiger partial charge in [-0.15, -0.1) is 0 Å². The molecule has 1 aliphatic rings. The van der Waals surface area contributed by atoms with E-state index in [0.717, 1.165) is 30.9 Å². The van der Waals surface area contributed by atoms with Gasteiger partial charge in [-0.25, -0.2) is 0 Å². The number of aromatic hydroxyl groups is 1. The maximum atomic E-state index is 10.3. The maximum absolute atomic E-state index is 10.3. The number of hydrogen-bond acceptors (Lipinski definition) is 4. The van der Waals surface area contributed by atoms with Gasteiger partial charge in [0.05, 0.1) is 11.7 Å². The Morgan fingerprint density at radius 3 is 2.76 bits per heavy atom. The molecule has 0 saturated carbocycles. The number of nitrogens with zero attached hydrogens (tertiary/aromatic N) is 1. The summed E-state index contributed by atoms with van der Waals surface area (Å²) in [5.41, 5.74) is 1.84. The minimum atomic E-state index is -0.164. The fourth-order valence-corrected chi connectivity index (χ4v) is 3.16. The van der Waals surface area contributed by atoms with Gasteiger partial charge in [0.15, 0.2) is 0 Å². The smallest absolute Gasteiger partial charge is 0.122 e. The Labute approximate surface area is 128 Å². The zero-order chi connectivity index (χ0) is 15.6. The van der Waals surface area contributed by atoms with Crippen LogP contribution >= 0.6 is 0 Å². The van der Waals surface area contributed by atoms with E-state index in [4.69, 9.17) is 4.74 Å². The van der Waals surface area contributed by atoms with Crippen molar-refractivity contribution in [3.63, 3.8) is 0 Å². The number of anilines is 1. The van der Waals surface area contributed by atoms with Crippen LogP contribution in [0.3, 0.4) is 0 Å². The van der Waals surface area contributed by atoms with Crippen molar-refractivity contribution in [3.05, 3.63) is 23.8 Å². The quantitative estimate of drug-likeness (QED) is 0.895. The van der Waals surface area contributed by atoms with Gasteiger partial charge in [0.25, 0.3) is 0 Å². The van der Waals surface area contributed by atoms with Gasteiger partial charge in [0.2, 0.25) is 0 Å². The largest absolute Gasteiger partial charge is 0.508 e. The van der Waals surface area contributed by atoms with Gasteiger partial charge in [-0.05, 0) is 40.3 Å². The van der Waals surface area contributed by atoms with Crippen molar-refractivity contribution in [2.45, 2.75) is 52.4 Å². The predicted octanol–water partition coefficient (Wildman–Crippen LogP) is 3.07. The van der Waals surface area contributed by atoms with Crippen LogP contribution in [0.15, 0.2) is 18.2 Å². The summed E-state index contributed by atoms with van der Waals surface area (Å²) < 4.78 is 5.94. The van der Waals surface area contributed by atoms with Gasteiger partial charge in [-0.2, -0.15) is 0 Å². The van der Waals surface area contributed by atoms with Crippen LogP contribution in [0.25, 0.3) is 0 Å². The summed E-state index contributed by atoms with van der Waals surface area (Å²) in [7, 11) is 0. The third-order valence-electron chi connectivity index (χ3n) is 3.93. The molecule has 0 radical (unpaired) electrons. The molecule has 4 heteroatoms. The molecule has 0 amide bonds. The first-order chi connectivity index (χ1) is 9.82. The highest BCUT2D eigenvalue weighted by Crippen LogP contribution is 2.32. The highest BCUT2D eigenvalue weighted by molar-refractivity contribution is 5.54. The monoisotopic (exact) mass is 292 g/mol. The Morgan fingerprint density at radius 1 is 1.48 bits per heavy atom. The average Bonchev–Trinajstić information content (AvgIpc) is 2.36. The molecular weight excluding hydrogens is 264 g/mol. The zero-order valence-electron chi connectivity index (χ0n) is 13.8. The molecule has 1 fully saturated rings. The molecule has 1 aliphatic heterocycles. The van der Waals surface area contributed by atoms with E-state index in [1.54, 1.807) is 0 Å². The standard InChI is InChI=1S/C17H28N2O2/c1-6-18-13(3)15-8-7-14(9-16(15)20)19-10-12(2)21-17(4,5)11-19/h7-9,12-13,18,20H,6,10-11H2,1-5H3. The lowest BCUT2D eigenvalue weighted by Crippen LogP contribution is -2.52. The van der Waals surface area contributed by atoms with Crippen LogP contribution in [0, 0.1) is 0 Å². The first-order valence-corrected chi connectivity index (χ1v) is 7.81. The summed E-state index contributed by atoms with van der Waals surface area (Å²) in [6.45, 7) is 13.0. The molecule has 1 aromatic carbocycles.